The maximum Gasteiger partial charge on any atom is 0.252 e. The lowest BCUT2D eigenvalue weighted by atomic mass is 10.2. The van der Waals surface area contributed by atoms with Gasteiger partial charge in [-0.15, -0.1) is 10.2 Å². The van der Waals surface area contributed by atoms with E-state index in [2.05, 4.69) is 30.0 Å². The smallest absolute Gasteiger partial charge is 0.252 e. The number of rotatable bonds is 5. The highest BCUT2D eigenvalue weighted by atomic mass is 32.2. The van der Waals surface area contributed by atoms with Gasteiger partial charge in [-0.05, 0) is 31.2 Å². The fourth-order valence-electron chi connectivity index (χ4n) is 3.02. The van der Waals surface area contributed by atoms with Gasteiger partial charge in [0.25, 0.3) is 5.56 Å². The molecule has 3 heterocycles. The average Bonchev–Trinajstić information content (AvgIpc) is 3.12. The van der Waals surface area contributed by atoms with Crippen LogP contribution in [0.5, 0.6) is 0 Å². The molecule has 1 aromatic carbocycles. The molecular weight excluding hydrogens is 399 g/mol. The third-order valence-corrected chi connectivity index (χ3v) is 6.41. The Labute approximate surface area is 169 Å². The van der Waals surface area contributed by atoms with Crippen LogP contribution < -0.4 is 15.4 Å². The van der Waals surface area contributed by atoms with Crippen LogP contribution in [0.2, 0.25) is 0 Å². The van der Waals surface area contributed by atoms with Crippen molar-refractivity contribution in [1.29, 1.82) is 0 Å². The molecule has 0 amide bonds. The summed E-state index contributed by atoms with van der Waals surface area (Å²) in [7, 11) is 0. The molecule has 1 saturated heterocycles. The summed E-state index contributed by atoms with van der Waals surface area (Å²) < 4.78 is 14.0. The van der Waals surface area contributed by atoms with Crippen molar-refractivity contribution < 1.29 is 4.39 Å². The van der Waals surface area contributed by atoms with Crippen LogP contribution in [-0.4, -0.2) is 46.3 Å². The Morgan fingerprint density at radius 3 is 2.54 bits per heavy atom. The average molecular weight is 419 g/mol. The molecular formula is C18H19FN6OS2. The highest BCUT2D eigenvalue weighted by molar-refractivity contribution is 8.00. The van der Waals surface area contributed by atoms with Gasteiger partial charge in [0.1, 0.15) is 10.8 Å². The maximum absolute atomic E-state index is 13.1. The SMILES string of the molecule is Cc1nnc(SCc2cc(=O)[nH]c(N3CCN(c4ccc(F)cc4)CC3)n2)s1. The van der Waals surface area contributed by atoms with E-state index in [1.807, 2.05) is 6.92 Å². The first-order chi connectivity index (χ1) is 13.6. The van der Waals surface area contributed by atoms with Crippen LogP contribution in [0.1, 0.15) is 10.7 Å². The van der Waals surface area contributed by atoms with Crippen molar-refractivity contribution in [3.63, 3.8) is 0 Å². The van der Waals surface area contributed by atoms with Crippen LogP contribution in [0.4, 0.5) is 16.0 Å². The molecule has 0 aliphatic carbocycles. The molecule has 28 heavy (non-hydrogen) atoms. The highest BCUT2D eigenvalue weighted by Gasteiger charge is 2.19. The molecule has 7 nitrogen and oxygen atoms in total. The predicted octanol–water partition coefficient (Wildman–Crippen LogP) is 2.69. The molecule has 146 valence electrons. The third-order valence-electron chi connectivity index (χ3n) is 4.40. The number of aromatic amines is 1. The number of nitrogens with zero attached hydrogens (tertiary/aromatic N) is 5. The minimum absolute atomic E-state index is 0.157. The zero-order valence-corrected chi connectivity index (χ0v) is 16.9. The second-order valence-electron chi connectivity index (χ2n) is 6.39. The highest BCUT2D eigenvalue weighted by Crippen LogP contribution is 2.25. The zero-order chi connectivity index (χ0) is 19.5. The van der Waals surface area contributed by atoms with E-state index in [4.69, 9.17) is 0 Å². The molecule has 0 spiro atoms. The Bertz CT molecular complexity index is 998. The summed E-state index contributed by atoms with van der Waals surface area (Å²) in [6, 6.07) is 8.05. The van der Waals surface area contributed by atoms with Crippen molar-refractivity contribution >= 4 is 34.7 Å². The largest absolute Gasteiger partial charge is 0.368 e. The van der Waals surface area contributed by atoms with Crippen molar-refractivity contribution in [3.05, 3.63) is 57.2 Å². The Morgan fingerprint density at radius 2 is 1.86 bits per heavy atom. The minimum atomic E-state index is -0.234. The number of hydrogen-bond acceptors (Lipinski definition) is 8. The molecule has 1 aliphatic rings. The van der Waals surface area contributed by atoms with Crippen molar-refractivity contribution in [2.45, 2.75) is 17.0 Å². The molecule has 2 aromatic heterocycles. The first-order valence-electron chi connectivity index (χ1n) is 8.85. The molecule has 1 N–H and O–H groups in total. The quantitative estimate of drug-likeness (QED) is 0.638. The summed E-state index contributed by atoms with van der Waals surface area (Å²) in [5.41, 5.74) is 1.56. The Morgan fingerprint density at radius 1 is 1.14 bits per heavy atom. The molecule has 0 radical (unpaired) electrons. The first-order valence-corrected chi connectivity index (χ1v) is 10.7. The first kappa shape index (κ1) is 18.9. The van der Waals surface area contributed by atoms with Crippen LogP contribution in [0.25, 0.3) is 0 Å². The van der Waals surface area contributed by atoms with Crippen molar-refractivity contribution in [2.75, 3.05) is 36.0 Å². The van der Waals surface area contributed by atoms with Crippen LogP contribution in [-0.2, 0) is 5.75 Å². The summed E-state index contributed by atoms with van der Waals surface area (Å²) in [5.74, 6) is 0.930. The lowest BCUT2D eigenvalue weighted by molar-refractivity contribution is 0.622. The molecule has 4 rings (SSSR count). The van der Waals surface area contributed by atoms with Gasteiger partial charge in [-0.1, -0.05) is 23.1 Å². The standard InChI is InChI=1S/C18H19FN6OS2/c1-12-22-23-18(28-12)27-11-14-10-16(26)21-17(20-14)25-8-6-24(7-9-25)15-4-2-13(19)3-5-15/h2-5,10H,6-9,11H2,1H3,(H,20,21,26). The van der Waals surface area contributed by atoms with Gasteiger partial charge in [0.15, 0.2) is 4.34 Å². The number of H-pyrrole nitrogens is 1. The van der Waals surface area contributed by atoms with Gasteiger partial charge in [-0.3, -0.25) is 9.78 Å². The molecule has 0 atom stereocenters. The fourth-order valence-corrected chi connectivity index (χ4v) is 4.73. The summed E-state index contributed by atoms with van der Waals surface area (Å²) >= 11 is 3.06. The lowest BCUT2D eigenvalue weighted by Gasteiger charge is -2.36. The van der Waals surface area contributed by atoms with E-state index < -0.39 is 0 Å². The fraction of sp³-hybridized carbons (Fsp3) is 0.333. The number of thioether (sulfide) groups is 1. The van der Waals surface area contributed by atoms with Gasteiger partial charge < -0.3 is 9.80 Å². The number of aryl methyl sites for hydroxylation is 1. The van der Waals surface area contributed by atoms with Crippen molar-refractivity contribution in [2.24, 2.45) is 0 Å². The monoisotopic (exact) mass is 418 g/mol. The number of halogens is 1. The van der Waals surface area contributed by atoms with E-state index in [-0.39, 0.29) is 11.4 Å². The number of nitrogens with one attached hydrogen (secondary N) is 1. The van der Waals surface area contributed by atoms with Gasteiger partial charge in [0, 0.05) is 43.7 Å². The van der Waals surface area contributed by atoms with Crippen molar-refractivity contribution in [3.8, 4) is 0 Å². The summed E-state index contributed by atoms with van der Waals surface area (Å²) in [4.78, 5) is 23.8. The molecule has 0 saturated carbocycles. The number of piperazine rings is 1. The van der Waals surface area contributed by atoms with E-state index in [0.717, 1.165) is 46.9 Å². The van der Waals surface area contributed by atoms with E-state index >= 15 is 0 Å². The topological polar surface area (TPSA) is 78.0 Å². The van der Waals surface area contributed by atoms with Gasteiger partial charge in [-0.25, -0.2) is 9.37 Å². The lowest BCUT2D eigenvalue weighted by Crippen LogP contribution is -2.47. The van der Waals surface area contributed by atoms with E-state index in [1.54, 1.807) is 12.1 Å². The van der Waals surface area contributed by atoms with Crippen LogP contribution in [0.15, 0.2) is 39.5 Å². The number of hydrogen-bond donors (Lipinski definition) is 1. The van der Waals surface area contributed by atoms with Gasteiger partial charge in [-0.2, -0.15) is 0 Å². The van der Waals surface area contributed by atoms with E-state index in [0.29, 0.717) is 11.7 Å². The van der Waals surface area contributed by atoms with Gasteiger partial charge >= 0.3 is 0 Å². The minimum Gasteiger partial charge on any atom is -0.368 e. The van der Waals surface area contributed by atoms with Gasteiger partial charge in [0.2, 0.25) is 5.95 Å². The number of benzene rings is 1. The van der Waals surface area contributed by atoms with Crippen molar-refractivity contribution in [1.82, 2.24) is 20.2 Å². The van der Waals surface area contributed by atoms with Gasteiger partial charge in [0.05, 0.1) is 5.69 Å². The van der Waals surface area contributed by atoms with Crippen LogP contribution >= 0.6 is 23.1 Å². The van der Waals surface area contributed by atoms with E-state index in [1.165, 1.54) is 41.3 Å². The Hall–Kier alpha value is -2.46. The third kappa shape index (κ3) is 4.50. The second-order valence-corrected chi connectivity index (χ2v) is 8.79. The van der Waals surface area contributed by atoms with Crippen LogP contribution in [0, 0.1) is 12.7 Å². The molecule has 1 aliphatic heterocycles. The number of aromatic nitrogens is 4. The summed E-state index contributed by atoms with van der Waals surface area (Å²) in [6.45, 7) is 4.92. The normalized spacial score (nSPS) is 14.5. The maximum atomic E-state index is 13.1. The molecule has 1 fully saturated rings. The molecule has 0 unspecified atom stereocenters. The molecule has 10 heteroatoms. The van der Waals surface area contributed by atoms with E-state index in [9.17, 15) is 9.18 Å². The molecule has 3 aromatic rings. The summed E-state index contributed by atoms with van der Waals surface area (Å²) in [5, 5.41) is 9.00. The Kier molecular flexibility index (Phi) is 5.58. The number of anilines is 2. The zero-order valence-electron chi connectivity index (χ0n) is 15.3. The second kappa shape index (κ2) is 8.27. The predicted molar refractivity (Wildman–Crippen MR) is 110 cm³/mol. The molecule has 0 bridgehead atoms. The Balaban J connectivity index is 1.41. The summed E-state index contributed by atoms with van der Waals surface area (Å²) in [6.07, 6.45) is 0. The van der Waals surface area contributed by atoms with Crippen LogP contribution in [0.3, 0.4) is 0 Å².